The molecule has 3 nitrogen and oxygen atoms in total. The van der Waals surface area contributed by atoms with Crippen LogP contribution in [0.4, 0.5) is 4.39 Å². The molecule has 0 aliphatic carbocycles. The quantitative estimate of drug-likeness (QED) is 0.831. The van der Waals surface area contributed by atoms with E-state index in [0.29, 0.717) is 0 Å². The van der Waals surface area contributed by atoms with Crippen molar-refractivity contribution in [2.75, 3.05) is 39.8 Å². The number of nitrogens with two attached hydrogens (primary N) is 1. The van der Waals surface area contributed by atoms with Crippen molar-refractivity contribution >= 4 is 0 Å². The summed E-state index contributed by atoms with van der Waals surface area (Å²) in [5, 5.41) is 0. The van der Waals surface area contributed by atoms with Gasteiger partial charge in [-0.15, -0.1) is 0 Å². The van der Waals surface area contributed by atoms with Gasteiger partial charge in [-0.2, -0.15) is 0 Å². The minimum Gasteiger partial charge on any atom is -0.324 e. The summed E-state index contributed by atoms with van der Waals surface area (Å²) in [5.41, 5.74) is 7.01. The van der Waals surface area contributed by atoms with Gasteiger partial charge in [0.05, 0.1) is 0 Å². The van der Waals surface area contributed by atoms with Crippen LogP contribution < -0.4 is 5.73 Å². The molecule has 0 radical (unpaired) electrons. The minimum atomic E-state index is -0.208. The number of halogens is 1. The maximum Gasteiger partial charge on any atom is 0.123 e. The third-order valence-corrected chi connectivity index (χ3v) is 4.10. The zero-order valence-corrected chi connectivity index (χ0v) is 12.4. The van der Waals surface area contributed by atoms with E-state index in [1.54, 1.807) is 6.07 Å². The first-order valence-corrected chi connectivity index (χ1v) is 7.57. The van der Waals surface area contributed by atoms with Gasteiger partial charge < -0.3 is 15.5 Å². The Morgan fingerprint density at radius 3 is 2.75 bits per heavy atom. The molecular formula is C16H26FN3. The highest BCUT2D eigenvalue weighted by atomic mass is 19.1. The molecule has 1 aromatic rings. The molecule has 1 saturated heterocycles. The minimum absolute atomic E-state index is 0.0834. The van der Waals surface area contributed by atoms with Crippen LogP contribution in [0.15, 0.2) is 24.3 Å². The zero-order chi connectivity index (χ0) is 14.4. The molecule has 0 bridgehead atoms. The van der Waals surface area contributed by atoms with E-state index in [1.165, 1.54) is 38.1 Å². The fourth-order valence-corrected chi connectivity index (χ4v) is 2.69. The number of nitrogens with zero attached hydrogens (tertiary/aromatic N) is 2. The molecular weight excluding hydrogens is 253 g/mol. The Balaban J connectivity index is 1.68. The van der Waals surface area contributed by atoms with Gasteiger partial charge in [-0.3, -0.25) is 0 Å². The van der Waals surface area contributed by atoms with Crippen molar-refractivity contribution in [1.82, 2.24) is 9.80 Å². The molecule has 2 N–H and O–H groups in total. The van der Waals surface area contributed by atoms with Gasteiger partial charge in [0.1, 0.15) is 5.82 Å². The van der Waals surface area contributed by atoms with Crippen LogP contribution in [0.25, 0.3) is 0 Å². The lowest BCUT2D eigenvalue weighted by molar-refractivity contribution is 0.251. The molecule has 2 rings (SSSR count). The lowest BCUT2D eigenvalue weighted by atomic mass is 10.0. The normalized spacial score (nSPS) is 17.8. The van der Waals surface area contributed by atoms with Crippen LogP contribution >= 0.6 is 0 Å². The van der Waals surface area contributed by atoms with E-state index in [0.717, 1.165) is 31.6 Å². The van der Waals surface area contributed by atoms with Gasteiger partial charge in [-0.05, 0) is 63.6 Å². The van der Waals surface area contributed by atoms with Gasteiger partial charge in [0, 0.05) is 19.1 Å². The van der Waals surface area contributed by atoms with Crippen molar-refractivity contribution in [1.29, 1.82) is 0 Å². The van der Waals surface area contributed by atoms with Crippen molar-refractivity contribution in [3.8, 4) is 0 Å². The summed E-state index contributed by atoms with van der Waals surface area (Å²) in [6, 6.07) is 6.53. The number of benzene rings is 1. The molecule has 1 atom stereocenters. The fraction of sp³-hybridized carbons (Fsp3) is 0.625. The molecule has 20 heavy (non-hydrogen) atoms. The molecule has 4 heteroatoms. The van der Waals surface area contributed by atoms with Crippen LogP contribution in [0.3, 0.4) is 0 Å². The Kier molecular flexibility index (Phi) is 5.95. The van der Waals surface area contributed by atoms with Gasteiger partial charge in [-0.1, -0.05) is 12.1 Å². The number of rotatable bonds is 7. The summed E-state index contributed by atoms with van der Waals surface area (Å²) in [6.45, 7) is 5.67. The van der Waals surface area contributed by atoms with Crippen LogP contribution in [0.1, 0.15) is 30.9 Å². The smallest absolute Gasteiger partial charge is 0.123 e. The van der Waals surface area contributed by atoms with Crippen LogP contribution in [-0.2, 0) is 0 Å². The number of likely N-dealkylation sites (N-methyl/N-ethyl adjacent to an activating group) is 1. The van der Waals surface area contributed by atoms with Crippen LogP contribution in [-0.4, -0.2) is 49.6 Å². The lowest BCUT2D eigenvalue weighted by Gasteiger charge is -2.22. The van der Waals surface area contributed by atoms with Gasteiger partial charge >= 0.3 is 0 Å². The largest absolute Gasteiger partial charge is 0.324 e. The predicted octanol–water partition coefficient (Wildman–Crippen LogP) is 2.24. The summed E-state index contributed by atoms with van der Waals surface area (Å²) in [7, 11) is 2.13. The Morgan fingerprint density at radius 2 is 2.05 bits per heavy atom. The summed E-state index contributed by atoms with van der Waals surface area (Å²) < 4.78 is 13.1. The van der Waals surface area contributed by atoms with E-state index in [2.05, 4.69) is 16.8 Å². The third kappa shape index (κ3) is 4.85. The molecule has 1 fully saturated rings. The van der Waals surface area contributed by atoms with Crippen LogP contribution in [0.2, 0.25) is 0 Å². The predicted molar refractivity (Wildman–Crippen MR) is 81.1 cm³/mol. The molecule has 0 amide bonds. The van der Waals surface area contributed by atoms with Crippen molar-refractivity contribution in [2.45, 2.75) is 25.3 Å². The van der Waals surface area contributed by atoms with Crippen LogP contribution in [0.5, 0.6) is 0 Å². The SMILES string of the molecule is CN(CCC(N)c1cccc(F)c1)CCN1CCCC1. The topological polar surface area (TPSA) is 32.5 Å². The van der Waals surface area contributed by atoms with E-state index in [4.69, 9.17) is 5.73 Å². The monoisotopic (exact) mass is 279 g/mol. The van der Waals surface area contributed by atoms with E-state index >= 15 is 0 Å². The maximum atomic E-state index is 13.1. The average molecular weight is 279 g/mol. The van der Waals surface area contributed by atoms with Crippen molar-refractivity contribution in [3.63, 3.8) is 0 Å². The zero-order valence-electron chi connectivity index (χ0n) is 12.4. The molecule has 1 heterocycles. The summed E-state index contributed by atoms with van der Waals surface area (Å²) in [6.07, 6.45) is 3.54. The molecule has 112 valence electrons. The molecule has 0 saturated carbocycles. The number of hydrogen-bond donors (Lipinski definition) is 1. The fourth-order valence-electron chi connectivity index (χ4n) is 2.69. The first-order chi connectivity index (χ1) is 9.65. The summed E-state index contributed by atoms with van der Waals surface area (Å²) in [4.78, 5) is 4.83. The molecule has 1 aliphatic heterocycles. The van der Waals surface area contributed by atoms with E-state index in [-0.39, 0.29) is 11.9 Å². The van der Waals surface area contributed by atoms with Gasteiger partial charge in [0.25, 0.3) is 0 Å². The van der Waals surface area contributed by atoms with E-state index in [1.807, 2.05) is 6.07 Å². The molecule has 0 aromatic heterocycles. The summed E-state index contributed by atoms with van der Waals surface area (Å²) >= 11 is 0. The van der Waals surface area contributed by atoms with E-state index in [9.17, 15) is 4.39 Å². The highest BCUT2D eigenvalue weighted by Gasteiger charge is 2.12. The first-order valence-electron chi connectivity index (χ1n) is 7.57. The molecule has 1 aromatic carbocycles. The van der Waals surface area contributed by atoms with Gasteiger partial charge in [0.2, 0.25) is 0 Å². The Labute approximate surface area is 121 Å². The highest BCUT2D eigenvalue weighted by Crippen LogP contribution is 2.15. The maximum absolute atomic E-state index is 13.1. The Morgan fingerprint density at radius 1 is 1.30 bits per heavy atom. The lowest BCUT2D eigenvalue weighted by Crippen LogP contribution is -2.33. The number of likely N-dealkylation sites (tertiary alicyclic amines) is 1. The first kappa shape index (κ1) is 15.4. The third-order valence-electron chi connectivity index (χ3n) is 4.10. The van der Waals surface area contributed by atoms with Gasteiger partial charge in [-0.25, -0.2) is 4.39 Å². The molecule has 0 spiro atoms. The van der Waals surface area contributed by atoms with Crippen molar-refractivity contribution in [3.05, 3.63) is 35.6 Å². The second-order valence-electron chi connectivity index (χ2n) is 5.80. The van der Waals surface area contributed by atoms with Crippen molar-refractivity contribution < 1.29 is 4.39 Å². The standard InChI is InChI=1S/C16H26FN3/c1-19(11-12-20-8-2-3-9-20)10-7-16(18)14-5-4-6-15(17)13-14/h4-6,13,16H,2-3,7-12,18H2,1H3. The number of hydrogen-bond acceptors (Lipinski definition) is 3. The second-order valence-corrected chi connectivity index (χ2v) is 5.80. The average Bonchev–Trinajstić information content (AvgIpc) is 2.95. The Bertz CT molecular complexity index is 404. The van der Waals surface area contributed by atoms with Gasteiger partial charge in [0.15, 0.2) is 0 Å². The van der Waals surface area contributed by atoms with Crippen molar-refractivity contribution in [2.24, 2.45) is 5.73 Å². The molecule has 1 aliphatic rings. The summed E-state index contributed by atoms with van der Waals surface area (Å²) in [5.74, 6) is -0.208. The molecule has 1 unspecified atom stereocenters. The second kappa shape index (κ2) is 7.72. The van der Waals surface area contributed by atoms with Crippen LogP contribution in [0, 0.1) is 5.82 Å². The Hall–Kier alpha value is -0.970. The highest BCUT2D eigenvalue weighted by molar-refractivity contribution is 5.19. The van der Waals surface area contributed by atoms with E-state index < -0.39 is 0 Å².